The molecule has 3 nitrogen and oxygen atoms in total. The minimum Gasteiger partial charge on any atom is -0.489 e. The minimum absolute atomic E-state index is 0.0638. The number of ether oxygens (including phenoxy) is 1. The average molecular weight is 394 g/mol. The molecule has 0 unspecified atom stereocenters. The standard InChI is InChI=1S/C26H35NO2/c1-18-10-19(2)12-23(11-18)29-17-20-8-7-9-22(13-20)24(28)14-21-15-25(3,4)27-26(5,6)16-21/h7-13,21,27H,14-17H2,1-6H3. The van der Waals surface area contributed by atoms with Crippen LogP contribution < -0.4 is 10.1 Å². The summed E-state index contributed by atoms with van der Waals surface area (Å²) in [5.74, 6) is 1.51. The zero-order chi connectivity index (χ0) is 21.2. The molecule has 1 aliphatic heterocycles. The number of Topliss-reactive ketones (excluding diaryl/α,β-unsaturated/α-hetero) is 1. The van der Waals surface area contributed by atoms with Crippen LogP contribution in [0.25, 0.3) is 0 Å². The van der Waals surface area contributed by atoms with Crippen molar-refractivity contribution in [3.63, 3.8) is 0 Å². The van der Waals surface area contributed by atoms with E-state index < -0.39 is 0 Å². The number of benzene rings is 2. The van der Waals surface area contributed by atoms with Crippen LogP contribution >= 0.6 is 0 Å². The number of carbonyl (C=O) groups excluding carboxylic acids is 1. The molecule has 0 atom stereocenters. The molecule has 0 radical (unpaired) electrons. The van der Waals surface area contributed by atoms with Gasteiger partial charge in [-0.05, 0) is 95.2 Å². The van der Waals surface area contributed by atoms with E-state index in [1.54, 1.807) is 0 Å². The van der Waals surface area contributed by atoms with Crippen LogP contribution in [0.2, 0.25) is 0 Å². The van der Waals surface area contributed by atoms with Gasteiger partial charge in [0.2, 0.25) is 0 Å². The Morgan fingerprint density at radius 1 is 1.00 bits per heavy atom. The lowest BCUT2D eigenvalue weighted by Crippen LogP contribution is -2.57. The topological polar surface area (TPSA) is 38.3 Å². The molecule has 1 heterocycles. The van der Waals surface area contributed by atoms with Crippen molar-refractivity contribution in [2.24, 2.45) is 5.92 Å². The molecule has 0 spiro atoms. The quantitative estimate of drug-likeness (QED) is 0.611. The van der Waals surface area contributed by atoms with Crippen molar-refractivity contribution in [2.75, 3.05) is 0 Å². The molecule has 0 saturated carbocycles. The maximum atomic E-state index is 13.0. The van der Waals surface area contributed by atoms with E-state index in [0.717, 1.165) is 29.7 Å². The van der Waals surface area contributed by atoms with Crippen molar-refractivity contribution in [1.82, 2.24) is 5.32 Å². The first kappa shape index (κ1) is 21.6. The second-order valence-electron chi connectivity index (χ2n) is 10.1. The van der Waals surface area contributed by atoms with E-state index >= 15 is 0 Å². The van der Waals surface area contributed by atoms with Crippen molar-refractivity contribution in [3.8, 4) is 5.75 Å². The third-order valence-corrected chi connectivity index (χ3v) is 5.60. The highest BCUT2D eigenvalue weighted by molar-refractivity contribution is 5.96. The van der Waals surface area contributed by atoms with Gasteiger partial charge in [-0.1, -0.05) is 24.3 Å². The summed E-state index contributed by atoms with van der Waals surface area (Å²) in [6.07, 6.45) is 2.66. The van der Waals surface area contributed by atoms with Gasteiger partial charge >= 0.3 is 0 Å². The monoisotopic (exact) mass is 393 g/mol. The molecule has 0 amide bonds. The number of aryl methyl sites for hydroxylation is 2. The van der Waals surface area contributed by atoms with Crippen molar-refractivity contribution in [2.45, 2.75) is 78.5 Å². The molecule has 0 aliphatic carbocycles. The predicted octanol–water partition coefficient (Wildman–Crippen LogP) is 6.01. The second-order valence-corrected chi connectivity index (χ2v) is 10.1. The highest BCUT2D eigenvalue weighted by Gasteiger charge is 2.38. The summed E-state index contributed by atoms with van der Waals surface area (Å²) in [5, 5.41) is 3.70. The smallest absolute Gasteiger partial charge is 0.163 e. The van der Waals surface area contributed by atoms with Crippen LogP contribution in [0.5, 0.6) is 5.75 Å². The number of piperidine rings is 1. The van der Waals surface area contributed by atoms with Crippen LogP contribution in [0.1, 0.15) is 74.0 Å². The van der Waals surface area contributed by atoms with Crippen LogP contribution in [0.3, 0.4) is 0 Å². The van der Waals surface area contributed by atoms with Gasteiger partial charge in [-0.3, -0.25) is 4.79 Å². The lowest BCUT2D eigenvalue weighted by atomic mass is 9.74. The SMILES string of the molecule is Cc1cc(C)cc(OCc2cccc(C(=O)CC3CC(C)(C)NC(C)(C)C3)c2)c1. The lowest BCUT2D eigenvalue weighted by molar-refractivity contribution is 0.0864. The molecular weight excluding hydrogens is 358 g/mol. The molecule has 1 saturated heterocycles. The maximum Gasteiger partial charge on any atom is 0.163 e. The van der Waals surface area contributed by atoms with Gasteiger partial charge in [0.05, 0.1) is 0 Å². The Morgan fingerprint density at radius 2 is 1.62 bits per heavy atom. The van der Waals surface area contributed by atoms with Gasteiger partial charge in [0.15, 0.2) is 5.78 Å². The molecule has 2 aromatic rings. The van der Waals surface area contributed by atoms with Crippen molar-refractivity contribution in [3.05, 3.63) is 64.7 Å². The lowest BCUT2D eigenvalue weighted by Gasteiger charge is -2.46. The first-order valence-electron chi connectivity index (χ1n) is 10.6. The van der Waals surface area contributed by atoms with Gasteiger partial charge in [0.25, 0.3) is 0 Å². The largest absolute Gasteiger partial charge is 0.489 e. The predicted molar refractivity (Wildman–Crippen MR) is 120 cm³/mol. The fourth-order valence-corrected chi connectivity index (χ4v) is 5.08. The van der Waals surface area contributed by atoms with Crippen molar-refractivity contribution >= 4 is 5.78 Å². The normalized spacial score (nSPS) is 18.4. The molecular formula is C26H35NO2. The molecule has 2 aromatic carbocycles. The zero-order valence-electron chi connectivity index (χ0n) is 18.8. The van der Waals surface area contributed by atoms with E-state index in [1.807, 2.05) is 36.4 Å². The van der Waals surface area contributed by atoms with Gasteiger partial charge in [-0.15, -0.1) is 0 Å². The molecule has 29 heavy (non-hydrogen) atoms. The van der Waals surface area contributed by atoms with Crippen molar-refractivity contribution < 1.29 is 9.53 Å². The fraction of sp³-hybridized carbons (Fsp3) is 0.500. The maximum absolute atomic E-state index is 13.0. The number of hydrogen-bond acceptors (Lipinski definition) is 3. The minimum atomic E-state index is 0.0638. The molecule has 0 aromatic heterocycles. The van der Waals surface area contributed by atoms with E-state index in [-0.39, 0.29) is 16.9 Å². The highest BCUT2D eigenvalue weighted by Crippen LogP contribution is 2.35. The number of nitrogens with one attached hydrogen (secondary N) is 1. The van der Waals surface area contributed by atoms with E-state index in [0.29, 0.717) is 18.9 Å². The van der Waals surface area contributed by atoms with E-state index in [2.05, 4.69) is 52.9 Å². The summed E-state index contributed by atoms with van der Waals surface area (Å²) in [7, 11) is 0. The summed E-state index contributed by atoms with van der Waals surface area (Å²) in [6.45, 7) is 13.5. The number of hydrogen-bond donors (Lipinski definition) is 1. The molecule has 1 fully saturated rings. The van der Waals surface area contributed by atoms with Crippen LogP contribution in [0, 0.1) is 19.8 Å². The third kappa shape index (κ3) is 6.17. The molecule has 0 bridgehead atoms. The Kier molecular flexibility index (Phi) is 6.19. The third-order valence-electron chi connectivity index (χ3n) is 5.60. The summed E-state index contributed by atoms with van der Waals surface area (Å²) >= 11 is 0. The van der Waals surface area contributed by atoms with Gasteiger partial charge in [-0.25, -0.2) is 0 Å². The van der Waals surface area contributed by atoms with E-state index in [1.165, 1.54) is 11.1 Å². The highest BCUT2D eigenvalue weighted by atomic mass is 16.5. The van der Waals surface area contributed by atoms with Crippen LogP contribution in [0.15, 0.2) is 42.5 Å². The first-order valence-corrected chi connectivity index (χ1v) is 10.6. The van der Waals surface area contributed by atoms with Gasteiger partial charge in [0, 0.05) is 23.1 Å². The first-order chi connectivity index (χ1) is 13.5. The Labute approximate surface area is 175 Å². The molecule has 1 aliphatic rings. The summed E-state index contributed by atoms with van der Waals surface area (Å²) in [6, 6.07) is 14.1. The molecule has 3 rings (SSSR count). The fourth-order valence-electron chi connectivity index (χ4n) is 5.08. The van der Waals surface area contributed by atoms with Crippen LogP contribution in [-0.2, 0) is 6.61 Å². The van der Waals surface area contributed by atoms with Crippen LogP contribution in [-0.4, -0.2) is 16.9 Å². The number of carbonyl (C=O) groups is 1. The zero-order valence-corrected chi connectivity index (χ0v) is 18.8. The molecule has 156 valence electrons. The molecule has 1 N–H and O–H groups in total. The van der Waals surface area contributed by atoms with Gasteiger partial charge < -0.3 is 10.1 Å². The van der Waals surface area contributed by atoms with E-state index in [9.17, 15) is 4.79 Å². The van der Waals surface area contributed by atoms with Gasteiger partial charge in [0.1, 0.15) is 12.4 Å². The number of rotatable bonds is 6. The van der Waals surface area contributed by atoms with Gasteiger partial charge in [-0.2, -0.15) is 0 Å². The summed E-state index contributed by atoms with van der Waals surface area (Å²) in [4.78, 5) is 13.0. The molecule has 3 heteroatoms. The number of ketones is 1. The Balaban J connectivity index is 1.65. The average Bonchev–Trinajstić information content (AvgIpc) is 2.56. The van der Waals surface area contributed by atoms with Crippen molar-refractivity contribution in [1.29, 1.82) is 0 Å². The second kappa shape index (κ2) is 8.31. The van der Waals surface area contributed by atoms with Crippen LogP contribution in [0.4, 0.5) is 0 Å². The Morgan fingerprint density at radius 3 is 2.24 bits per heavy atom. The summed E-state index contributed by atoms with van der Waals surface area (Å²) < 4.78 is 5.97. The Hall–Kier alpha value is -2.13. The van der Waals surface area contributed by atoms with E-state index in [4.69, 9.17) is 4.74 Å². The summed E-state index contributed by atoms with van der Waals surface area (Å²) in [5.41, 5.74) is 4.33. The Bertz CT molecular complexity index is 846.